The Bertz CT molecular complexity index is 1310. The van der Waals surface area contributed by atoms with Crippen LogP contribution in [0.2, 0.25) is 0 Å². The summed E-state index contributed by atoms with van der Waals surface area (Å²) in [6.07, 6.45) is 2.41. The SMILES string of the molecule is CC(C)COC(=O)NCCCN1CCc2ccc(-c3noc(-c4ccc(OC(C)C)c(C#N)c4)n3)cc2CC1. The van der Waals surface area contributed by atoms with Crippen LogP contribution in [0.4, 0.5) is 4.79 Å². The molecule has 0 saturated carbocycles. The number of carbonyl (C=O) groups is 1. The Hall–Kier alpha value is -3.90. The molecule has 1 N–H and O–H groups in total. The van der Waals surface area contributed by atoms with Gasteiger partial charge in [0, 0.05) is 30.8 Å². The first-order valence-electron chi connectivity index (χ1n) is 13.6. The average Bonchev–Trinajstić information content (AvgIpc) is 3.32. The van der Waals surface area contributed by atoms with Gasteiger partial charge in [-0.05, 0) is 81.0 Å². The van der Waals surface area contributed by atoms with E-state index in [9.17, 15) is 10.1 Å². The van der Waals surface area contributed by atoms with Gasteiger partial charge in [0.2, 0.25) is 5.82 Å². The van der Waals surface area contributed by atoms with Gasteiger partial charge in [0.15, 0.2) is 0 Å². The van der Waals surface area contributed by atoms with Gasteiger partial charge < -0.3 is 24.2 Å². The van der Waals surface area contributed by atoms with E-state index in [2.05, 4.69) is 38.6 Å². The van der Waals surface area contributed by atoms with Crippen LogP contribution >= 0.6 is 0 Å². The number of amides is 1. The normalized spacial score (nSPS) is 13.6. The highest BCUT2D eigenvalue weighted by atomic mass is 16.5. The maximum atomic E-state index is 11.7. The molecule has 1 amide bonds. The van der Waals surface area contributed by atoms with Crippen molar-refractivity contribution >= 4 is 6.09 Å². The number of hydrogen-bond donors (Lipinski definition) is 1. The predicted molar refractivity (Wildman–Crippen MR) is 148 cm³/mol. The van der Waals surface area contributed by atoms with Crippen molar-refractivity contribution in [2.24, 2.45) is 5.92 Å². The third-order valence-corrected chi connectivity index (χ3v) is 6.46. The van der Waals surface area contributed by atoms with Gasteiger partial charge in [-0.15, -0.1) is 0 Å². The number of fused-ring (bicyclic) bond motifs is 1. The minimum absolute atomic E-state index is 0.0274. The number of nitrogens with zero attached hydrogens (tertiary/aromatic N) is 4. The van der Waals surface area contributed by atoms with Crippen LogP contribution < -0.4 is 10.1 Å². The molecule has 0 spiro atoms. The number of nitriles is 1. The summed E-state index contributed by atoms with van der Waals surface area (Å²) in [4.78, 5) is 18.8. The number of rotatable bonds is 10. The fourth-order valence-electron chi connectivity index (χ4n) is 4.49. The monoisotopic (exact) mass is 531 g/mol. The molecule has 2 heterocycles. The fraction of sp³-hybridized carbons (Fsp3) is 0.467. The van der Waals surface area contributed by atoms with E-state index in [1.165, 1.54) is 11.1 Å². The van der Waals surface area contributed by atoms with Crippen molar-refractivity contribution in [2.75, 3.05) is 32.8 Å². The van der Waals surface area contributed by atoms with Crippen molar-refractivity contribution in [3.05, 3.63) is 53.1 Å². The smallest absolute Gasteiger partial charge is 0.407 e. The minimum atomic E-state index is -0.341. The molecule has 0 atom stereocenters. The second-order valence-corrected chi connectivity index (χ2v) is 10.5. The van der Waals surface area contributed by atoms with E-state index < -0.39 is 0 Å². The largest absolute Gasteiger partial charge is 0.490 e. The molecule has 4 rings (SSSR count). The zero-order valence-electron chi connectivity index (χ0n) is 23.2. The quantitative estimate of drug-likeness (QED) is 0.354. The summed E-state index contributed by atoms with van der Waals surface area (Å²) in [5.41, 5.74) is 4.63. The van der Waals surface area contributed by atoms with Crippen LogP contribution in [0.1, 0.15) is 50.8 Å². The van der Waals surface area contributed by atoms with Crippen LogP contribution in [0.3, 0.4) is 0 Å². The van der Waals surface area contributed by atoms with Gasteiger partial charge in [0.25, 0.3) is 5.89 Å². The molecular formula is C30H37N5O4. The molecular weight excluding hydrogens is 494 g/mol. The minimum Gasteiger partial charge on any atom is -0.490 e. The second-order valence-electron chi connectivity index (χ2n) is 10.5. The van der Waals surface area contributed by atoms with E-state index in [4.69, 9.17) is 14.0 Å². The van der Waals surface area contributed by atoms with E-state index in [1.807, 2.05) is 39.8 Å². The van der Waals surface area contributed by atoms with Crippen LogP contribution in [0.25, 0.3) is 22.8 Å². The molecule has 9 nitrogen and oxygen atoms in total. The van der Waals surface area contributed by atoms with Crippen LogP contribution in [0.5, 0.6) is 5.75 Å². The zero-order chi connectivity index (χ0) is 27.8. The number of benzene rings is 2. The maximum absolute atomic E-state index is 11.7. The lowest BCUT2D eigenvalue weighted by Gasteiger charge is -2.19. The molecule has 0 aliphatic carbocycles. The topological polar surface area (TPSA) is 114 Å². The van der Waals surface area contributed by atoms with Crippen molar-refractivity contribution in [1.29, 1.82) is 5.26 Å². The first kappa shape index (κ1) is 28.1. The van der Waals surface area contributed by atoms with Crippen molar-refractivity contribution < 1.29 is 18.8 Å². The van der Waals surface area contributed by atoms with Crippen molar-refractivity contribution in [3.8, 4) is 34.7 Å². The highest BCUT2D eigenvalue weighted by Gasteiger charge is 2.18. The lowest BCUT2D eigenvalue weighted by Crippen LogP contribution is -2.32. The summed E-state index contributed by atoms with van der Waals surface area (Å²) in [6, 6.07) is 13.8. The van der Waals surface area contributed by atoms with Crippen molar-refractivity contribution in [2.45, 2.75) is 53.1 Å². The number of nitrogens with one attached hydrogen (secondary N) is 1. The van der Waals surface area contributed by atoms with Gasteiger partial charge in [-0.1, -0.05) is 31.1 Å². The van der Waals surface area contributed by atoms with Crippen LogP contribution in [0, 0.1) is 17.2 Å². The summed E-state index contributed by atoms with van der Waals surface area (Å²) in [6.45, 7) is 11.8. The summed E-state index contributed by atoms with van der Waals surface area (Å²) >= 11 is 0. The van der Waals surface area contributed by atoms with Gasteiger partial charge in [-0.25, -0.2) is 4.79 Å². The second kappa shape index (κ2) is 13.3. The number of hydrogen-bond acceptors (Lipinski definition) is 8. The number of alkyl carbamates (subject to hydrolysis) is 1. The number of aromatic nitrogens is 2. The standard InChI is InChI=1S/C30H37N5O4/c1-20(2)19-37-30(36)32-12-5-13-35-14-10-22-6-7-24(16-23(22)11-15-35)28-33-29(39-34-28)25-8-9-27(38-21(3)4)26(17-25)18-31/h6-9,16-17,20-21H,5,10-15,19H2,1-4H3,(H,32,36). The Labute approximate surface area is 230 Å². The fourth-order valence-corrected chi connectivity index (χ4v) is 4.49. The molecule has 0 unspecified atom stereocenters. The molecule has 206 valence electrons. The molecule has 0 fully saturated rings. The predicted octanol–water partition coefficient (Wildman–Crippen LogP) is 5.24. The van der Waals surface area contributed by atoms with Gasteiger partial charge in [-0.2, -0.15) is 10.2 Å². The van der Waals surface area contributed by atoms with Crippen molar-refractivity contribution in [1.82, 2.24) is 20.4 Å². The molecule has 0 saturated heterocycles. The van der Waals surface area contributed by atoms with Crippen LogP contribution in [-0.4, -0.2) is 60.0 Å². The molecule has 2 aromatic carbocycles. The lowest BCUT2D eigenvalue weighted by molar-refractivity contribution is 0.132. The first-order valence-corrected chi connectivity index (χ1v) is 13.6. The van der Waals surface area contributed by atoms with Crippen LogP contribution in [0.15, 0.2) is 40.9 Å². The molecule has 0 radical (unpaired) electrons. The average molecular weight is 532 g/mol. The lowest BCUT2D eigenvalue weighted by atomic mass is 10.00. The molecule has 1 aliphatic heterocycles. The van der Waals surface area contributed by atoms with Gasteiger partial charge in [0.1, 0.15) is 11.8 Å². The highest BCUT2D eigenvalue weighted by Crippen LogP contribution is 2.29. The molecule has 1 aromatic heterocycles. The Kier molecular flexibility index (Phi) is 9.55. The maximum Gasteiger partial charge on any atom is 0.407 e. The van der Waals surface area contributed by atoms with Crippen LogP contribution in [-0.2, 0) is 17.6 Å². The summed E-state index contributed by atoms with van der Waals surface area (Å²) in [5, 5.41) is 16.6. The molecule has 39 heavy (non-hydrogen) atoms. The van der Waals surface area contributed by atoms with Gasteiger partial charge in [-0.3, -0.25) is 0 Å². The van der Waals surface area contributed by atoms with E-state index in [0.29, 0.717) is 47.7 Å². The number of carbonyl (C=O) groups excluding carboxylic acids is 1. The Balaban J connectivity index is 1.34. The number of ether oxygens (including phenoxy) is 2. The van der Waals surface area contributed by atoms with E-state index in [-0.39, 0.29) is 12.2 Å². The summed E-state index contributed by atoms with van der Waals surface area (Å²) in [7, 11) is 0. The van der Waals surface area contributed by atoms with Crippen molar-refractivity contribution in [3.63, 3.8) is 0 Å². The van der Waals surface area contributed by atoms with E-state index in [0.717, 1.165) is 44.5 Å². The van der Waals surface area contributed by atoms with E-state index in [1.54, 1.807) is 12.1 Å². The molecule has 1 aliphatic rings. The Morgan fingerprint density at radius 3 is 2.62 bits per heavy atom. The highest BCUT2D eigenvalue weighted by molar-refractivity contribution is 5.67. The Morgan fingerprint density at radius 2 is 1.87 bits per heavy atom. The third kappa shape index (κ3) is 7.80. The van der Waals surface area contributed by atoms with Gasteiger partial charge >= 0.3 is 6.09 Å². The molecule has 0 bridgehead atoms. The molecule has 3 aromatic rings. The first-order chi connectivity index (χ1) is 18.8. The third-order valence-electron chi connectivity index (χ3n) is 6.46. The zero-order valence-corrected chi connectivity index (χ0v) is 23.2. The molecule has 9 heteroatoms. The summed E-state index contributed by atoms with van der Waals surface area (Å²) in [5.74, 6) is 1.75. The summed E-state index contributed by atoms with van der Waals surface area (Å²) < 4.78 is 16.4. The van der Waals surface area contributed by atoms with Gasteiger partial charge in [0.05, 0.1) is 18.3 Å². The Morgan fingerprint density at radius 1 is 1.10 bits per heavy atom. The van der Waals surface area contributed by atoms with E-state index >= 15 is 0 Å².